The lowest BCUT2D eigenvalue weighted by Crippen LogP contribution is -2.40. The Morgan fingerprint density at radius 2 is 1.92 bits per heavy atom. The van der Waals surface area contributed by atoms with Crippen LogP contribution in [0.2, 0.25) is 0 Å². The third-order valence-electron chi connectivity index (χ3n) is 4.31. The van der Waals surface area contributed by atoms with Gasteiger partial charge in [-0.15, -0.1) is 6.58 Å². The van der Waals surface area contributed by atoms with Crippen molar-refractivity contribution in [3.63, 3.8) is 0 Å². The molecule has 0 spiro atoms. The molecule has 5 nitrogen and oxygen atoms in total. The van der Waals surface area contributed by atoms with Gasteiger partial charge >= 0.3 is 0 Å². The molecule has 1 amide bonds. The number of hydrogen-bond donors (Lipinski definition) is 0. The Morgan fingerprint density at radius 3 is 2.52 bits per heavy atom. The number of sulfone groups is 1. The second-order valence-corrected chi connectivity index (χ2v) is 8.28. The summed E-state index contributed by atoms with van der Waals surface area (Å²) in [6.07, 6.45) is 3.36. The summed E-state index contributed by atoms with van der Waals surface area (Å²) in [5.41, 5.74) is 0. The molecule has 1 aliphatic rings. The highest BCUT2D eigenvalue weighted by Gasteiger charge is 2.24. The Kier molecular flexibility index (Phi) is 7.13. The van der Waals surface area contributed by atoms with E-state index in [1.54, 1.807) is 11.0 Å². The van der Waals surface area contributed by atoms with E-state index in [0.29, 0.717) is 32.2 Å². The first-order chi connectivity index (χ1) is 11.9. The smallest absolute Gasteiger partial charge is 0.223 e. The van der Waals surface area contributed by atoms with Gasteiger partial charge in [0.2, 0.25) is 5.91 Å². The van der Waals surface area contributed by atoms with Gasteiger partial charge in [0.1, 0.15) is 5.82 Å². The van der Waals surface area contributed by atoms with Gasteiger partial charge in [-0.2, -0.15) is 0 Å². The first-order valence-corrected chi connectivity index (χ1v) is 10.0. The molecule has 1 fully saturated rings. The fourth-order valence-electron chi connectivity index (χ4n) is 2.81. The number of likely N-dealkylation sites (tertiary alicyclic amines) is 1. The zero-order chi connectivity index (χ0) is 18.3. The minimum atomic E-state index is -3.58. The van der Waals surface area contributed by atoms with Crippen LogP contribution in [0.3, 0.4) is 0 Å². The van der Waals surface area contributed by atoms with Crippen molar-refractivity contribution in [2.45, 2.75) is 24.2 Å². The number of halogens is 1. The lowest BCUT2D eigenvalue weighted by molar-refractivity contribution is -0.132. The number of carbonyl (C=O) groups is 1. The van der Waals surface area contributed by atoms with E-state index in [0.717, 1.165) is 25.0 Å². The van der Waals surface area contributed by atoms with Crippen LogP contribution in [0.1, 0.15) is 19.3 Å². The molecular weight excluding hydrogens is 345 g/mol. The fourth-order valence-corrected chi connectivity index (χ4v) is 4.04. The molecule has 1 aromatic carbocycles. The van der Waals surface area contributed by atoms with Crippen LogP contribution in [0.4, 0.5) is 4.39 Å². The summed E-state index contributed by atoms with van der Waals surface area (Å²) in [5, 5.41) is 0. The molecule has 0 saturated carbocycles. The number of nitrogens with zero attached hydrogens (tertiary/aromatic N) is 1. The first kappa shape index (κ1) is 19.6. The summed E-state index contributed by atoms with van der Waals surface area (Å²) in [5.74, 6) is -0.488. The van der Waals surface area contributed by atoms with Gasteiger partial charge in [-0.1, -0.05) is 6.08 Å². The van der Waals surface area contributed by atoms with Gasteiger partial charge in [0.05, 0.1) is 17.3 Å². The van der Waals surface area contributed by atoms with Gasteiger partial charge in [-0.05, 0) is 43.0 Å². The first-order valence-electron chi connectivity index (χ1n) is 8.37. The molecule has 0 atom stereocenters. The van der Waals surface area contributed by atoms with Crippen LogP contribution >= 0.6 is 0 Å². The largest absolute Gasteiger partial charge is 0.377 e. The highest BCUT2D eigenvalue weighted by atomic mass is 32.2. The molecule has 7 heteroatoms. The van der Waals surface area contributed by atoms with Gasteiger partial charge in [0.25, 0.3) is 0 Å². The van der Waals surface area contributed by atoms with Crippen LogP contribution in [0, 0.1) is 11.7 Å². The minimum Gasteiger partial charge on any atom is -0.377 e. The molecule has 1 aliphatic heterocycles. The van der Waals surface area contributed by atoms with Crippen LogP contribution in [0.5, 0.6) is 0 Å². The number of piperidine rings is 1. The molecule has 25 heavy (non-hydrogen) atoms. The highest BCUT2D eigenvalue weighted by Crippen LogP contribution is 2.19. The summed E-state index contributed by atoms with van der Waals surface area (Å²) < 4.78 is 42.8. The van der Waals surface area contributed by atoms with Crippen molar-refractivity contribution < 1.29 is 22.3 Å². The standard InChI is InChI=1S/C18H24FNO4S/c1-2-12-24-14-15-7-10-20(11-8-15)18(21)9-13-25(22,23)17-5-3-16(19)4-6-17/h2-6,15H,1,7-14H2. The van der Waals surface area contributed by atoms with Crippen molar-refractivity contribution in [2.24, 2.45) is 5.92 Å². The number of rotatable bonds is 8. The van der Waals surface area contributed by atoms with E-state index in [1.165, 1.54) is 12.1 Å². The Balaban J connectivity index is 1.79. The van der Waals surface area contributed by atoms with Crippen LogP contribution < -0.4 is 0 Å². The van der Waals surface area contributed by atoms with Gasteiger partial charge < -0.3 is 9.64 Å². The van der Waals surface area contributed by atoms with Crippen molar-refractivity contribution in [3.05, 3.63) is 42.7 Å². The molecule has 0 radical (unpaired) electrons. The molecule has 0 N–H and O–H groups in total. The molecule has 1 aromatic rings. The zero-order valence-electron chi connectivity index (χ0n) is 14.2. The Labute approximate surface area is 148 Å². The maximum atomic E-state index is 12.9. The molecule has 1 saturated heterocycles. The van der Waals surface area contributed by atoms with Crippen molar-refractivity contribution in [1.82, 2.24) is 4.90 Å². The van der Waals surface area contributed by atoms with Gasteiger partial charge in [-0.3, -0.25) is 4.79 Å². The van der Waals surface area contributed by atoms with E-state index in [2.05, 4.69) is 6.58 Å². The van der Waals surface area contributed by atoms with Gasteiger partial charge in [-0.25, -0.2) is 12.8 Å². The lowest BCUT2D eigenvalue weighted by atomic mass is 9.97. The third-order valence-corrected chi connectivity index (χ3v) is 6.05. The SMILES string of the molecule is C=CCOCC1CCN(C(=O)CCS(=O)(=O)c2ccc(F)cc2)CC1. The van der Waals surface area contributed by atoms with E-state index >= 15 is 0 Å². The molecule has 0 aromatic heterocycles. The summed E-state index contributed by atoms with van der Waals surface area (Å²) in [4.78, 5) is 14.0. The van der Waals surface area contributed by atoms with E-state index < -0.39 is 15.7 Å². The third kappa shape index (κ3) is 5.93. The fraction of sp³-hybridized carbons (Fsp3) is 0.500. The number of carbonyl (C=O) groups excluding carboxylic acids is 1. The Bertz CT molecular complexity index is 680. The molecule has 0 unspecified atom stereocenters. The summed E-state index contributed by atoms with van der Waals surface area (Å²) >= 11 is 0. The summed E-state index contributed by atoms with van der Waals surface area (Å²) in [6.45, 7) is 6.03. The maximum absolute atomic E-state index is 12.9. The van der Waals surface area contributed by atoms with Crippen LogP contribution in [0.25, 0.3) is 0 Å². The van der Waals surface area contributed by atoms with Crippen molar-refractivity contribution in [2.75, 3.05) is 32.1 Å². The highest BCUT2D eigenvalue weighted by molar-refractivity contribution is 7.91. The average molecular weight is 369 g/mol. The number of amides is 1. The maximum Gasteiger partial charge on any atom is 0.223 e. The van der Waals surface area contributed by atoms with Crippen LogP contribution in [-0.4, -0.2) is 51.3 Å². The zero-order valence-corrected chi connectivity index (χ0v) is 15.0. The summed E-state index contributed by atoms with van der Waals surface area (Å²) in [6, 6.07) is 4.66. The Morgan fingerprint density at radius 1 is 1.28 bits per heavy atom. The van der Waals surface area contributed by atoms with Crippen LogP contribution in [0.15, 0.2) is 41.8 Å². The number of ether oxygens (including phenoxy) is 1. The lowest BCUT2D eigenvalue weighted by Gasteiger charge is -2.31. The van der Waals surface area contributed by atoms with Crippen LogP contribution in [-0.2, 0) is 19.4 Å². The molecular formula is C18H24FNO4S. The predicted octanol–water partition coefficient (Wildman–Crippen LogP) is 2.43. The van der Waals surface area contributed by atoms with Gasteiger partial charge in [0.15, 0.2) is 9.84 Å². The Hall–Kier alpha value is -1.73. The molecule has 138 valence electrons. The monoisotopic (exact) mass is 369 g/mol. The van der Waals surface area contributed by atoms with Crippen molar-refractivity contribution >= 4 is 15.7 Å². The average Bonchev–Trinajstić information content (AvgIpc) is 2.61. The minimum absolute atomic E-state index is 0.0415. The summed E-state index contributed by atoms with van der Waals surface area (Å²) in [7, 11) is -3.58. The normalized spacial score (nSPS) is 16.0. The van der Waals surface area contributed by atoms with Gasteiger partial charge in [0, 0.05) is 26.1 Å². The predicted molar refractivity (Wildman–Crippen MR) is 93.4 cm³/mol. The quantitative estimate of drug-likeness (QED) is 0.401. The van der Waals surface area contributed by atoms with Crippen molar-refractivity contribution in [3.8, 4) is 0 Å². The van der Waals surface area contributed by atoms with E-state index in [1.807, 2.05) is 0 Å². The number of hydrogen-bond acceptors (Lipinski definition) is 4. The molecule has 0 bridgehead atoms. The van der Waals surface area contributed by atoms with Crippen molar-refractivity contribution in [1.29, 1.82) is 0 Å². The second-order valence-electron chi connectivity index (χ2n) is 6.17. The second kappa shape index (κ2) is 9.10. The van der Waals surface area contributed by atoms with E-state index in [-0.39, 0.29) is 23.0 Å². The molecule has 0 aliphatic carbocycles. The van der Waals surface area contributed by atoms with E-state index in [9.17, 15) is 17.6 Å². The molecule has 2 rings (SSSR count). The topological polar surface area (TPSA) is 63.7 Å². The molecule has 1 heterocycles. The number of benzene rings is 1. The van der Waals surface area contributed by atoms with E-state index in [4.69, 9.17) is 4.74 Å².